The van der Waals surface area contributed by atoms with Crippen molar-refractivity contribution in [3.63, 3.8) is 0 Å². The summed E-state index contributed by atoms with van der Waals surface area (Å²) < 4.78 is 48.7. The lowest BCUT2D eigenvalue weighted by Crippen LogP contribution is -2.35. The number of rotatable bonds is 6. The molecule has 0 saturated heterocycles. The van der Waals surface area contributed by atoms with E-state index in [9.17, 15) is 28.1 Å². The number of amides is 1. The number of alkyl halides is 3. The summed E-state index contributed by atoms with van der Waals surface area (Å²) in [5.74, 6) is -0.488. The van der Waals surface area contributed by atoms with Gasteiger partial charge in [0.05, 0.1) is 22.7 Å². The van der Waals surface area contributed by atoms with Crippen LogP contribution in [0.3, 0.4) is 0 Å². The second-order valence-electron chi connectivity index (χ2n) is 9.77. The topological polar surface area (TPSA) is 111 Å². The molecule has 0 saturated carbocycles. The van der Waals surface area contributed by atoms with Crippen molar-refractivity contribution in [2.24, 2.45) is 0 Å². The molecule has 212 valence electrons. The molecule has 1 aliphatic carbocycles. The van der Waals surface area contributed by atoms with Crippen LogP contribution in [-0.2, 0) is 12.8 Å². The van der Waals surface area contributed by atoms with E-state index in [1.165, 1.54) is 29.0 Å². The van der Waals surface area contributed by atoms with Gasteiger partial charge in [-0.1, -0.05) is 23.7 Å². The van der Waals surface area contributed by atoms with E-state index in [2.05, 4.69) is 15.7 Å². The third kappa shape index (κ3) is 5.34. The fourth-order valence-corrected chi connectivity index (χ4v) is 6.22. The number of aromatic nitrogens is 2. The van der Waals surface area contributed by atoms with Crippen LogP contribution in [0.5, 0.6) is 11.5 Å². The minimum atomic E-state index is -4.65. The van der Waals surface area contributed by atoms with Gasteiger partial charge in [0.25, 0.3) is 11.6 Å². The number of nitrogens with zero attached hydrogens (tertiary/aromatic N) is 3. The molecule has 4 aromatic rings. The molecule has 0 unspecified atom stereocenters. The van der Waals surface area contributed by atoms with E-state index in [0.29, 0.717) is 15.3 Å². The first-order chi connectivity index (χ1) is 19.6. The molecule has 2 aromatic carbocycles. The number of benzene rings is 2. The minimum Gasteiger partial charge on any atom is -0.457 e. The Kier molecular flexibility index (Phi) is 6.86. The maximum atomic E-state index is 14.0. The number of nitro benzene ring substituents is 1. The SMILES string of the molecule is O=C(Nc1cc(Oc2ccc3c(c2)CCC3)cc([N+](=O)[O-])c1)c1nn2c(c1Cl)N[C@H](c1cccs1)C[C@@H]2C(F)(F)F. The molecule has 3 heterocycles. The van der Waals surface area contributed by atoms with Gasteiger partial charge in [-0.15, -0.1) is 11.3 Å². The van der Waals surface area contributed by atoms with Crippen molar-refractivity contribution in [2.75, 3.05) is 10.6 Å². The van der Waals surface area contributed by atoms with Crippen LogP contribution in [-0.4, -0.2) is 26.8 Å². The lowest BCUT2D eigenvalue weighted by molar-refractivity contribution is -0.384. The molecule has 0 bridgehead atoms. The zero-order chi connectivity index (χ0) is 28.9. The van der Waals surface area contributed by atoms with Crippen LogP contribution in [0.2, 0.25) is 5.02 Å². The first kappa shape index (κ1) is 27.1. The van der Waals surface area contributed by atoms with Gasteiger partial charge in [0.1, 0.15) is 22.3 Å². The summed E-state index contributed by atoms with van der Waals surface area (Å²) in [4.78, 5) is 24.8. The Bertz CT molecular complexity index is 1660. The number of anilines is 2. The number of aryl methyl sites for hydroxylation is 2. The van der Waals surface area contributed by atoms with E-state index in [-0.39, 0.29) is 34.4 Å². The molecule has 2 aliphatic rings. The Hall–Kier alpha value is -4.10. The quantitative estimate of drug-likeness (QED) is 0.173. The molecule has 0 fully saturated rings. The number of non-ortho nitro benzene ring substituents is 1. The average molecular weight is 604 g/mol. The molecule has 2 atom stereocenters. The van der Waals surface area contributed by atoms with Crippen molar-refractivity contribution in [1.29, 1.82) is 0 Å². The highest BCUT2D eigenvalue weighted by Crippen LogP contribution is 2.47. The molecule has 0 radical (unpaired) electrons. The highest BCUT2D eigenvalue weighted by molar-refractivity contribution is 7.10. The summed E-state index contributed by atoms with van der Waals surface area (Å²) in [6.07, 6.45) is -2.06. The predicted molar refractivity (Wildman–Crippen MR) is 147 cm³/mol. The van der Waals surface area contributed by atoms with Crippen molar-refractivity contribution < 1.29 is 27.6 Å². The van der Waals surface area contributed by atoms with E-state index in [4.69, 9.17) is 16.3 Å². The number of fused-ring (bicyclic) bond motifs is 2. The Morgan fingerprint density at radius 3 is 2.71 bits per heavy atom. The van der Waals surface area contributed by atoms with Crippen molar-refractivity contribution >= 4 is 46.0 Å². The smallest absolute Gasteiger partial charge is 0.410 e. The Morgan fingerprint density at radius 1 is 1.17 bits per heavy atom. The lowest BCUT2D eigenvalue weighted by atomic mass is 10.0. The fraction of sp³-hybridized carbons (Fsp3) is 0.259. The summed E-state index contributed by atoms with van der Waals surface area (Å²) in [7, 11) is 0. The Balaban J connectivity index is 1.29. The third-order valence-electron chi connectivity index (χ3n) is 7.06. The van der Waals surface area contributed by atoms with Gasteiger partial charge in [0.15, 0.2) is 11.7 Å². The predicted octanol–water partition coefficient (Wildman–Crippen LogP) is 7.70. The highest BCUT2D eigenvalue weighted by atomic mass is 35.5. The van der Waals surface area contributed by atoms with E-state index < -0.39 is 34.8 Å². The van der Waals surface area contributed by atoms with Crippen LogP contribution in [0.15, 0.2) is 53.9 Å². The molecular weight excluding hydrogens is 583 g/mol. The lowest BCUT2D eigenvalue weighted by Gasteiger charge is -2.32. The number of nitrogens with one attached hydrogen (secondary N) is 2. The normalized spacial score (nSPS) is 17.9. The first-order valence-corrected chi connectivity index (χ1v) is 13.9. The van der Waals surface area contributed by atoms with Crippen molar-refractivity contribution in [3.8, 4) is 11.5 Å². The largest absolute Gasteiger partial charge is 0.457 e. The standard InChI is InChI=1S/C27H21ClF3N5O4S/c28-23-24(34-35-22(27(29,30)31)13-20(33-25(23)35)21-5-2-8-41-21)26(37)32-16-10-17(36(38)39)12-19(11-16)40-18-7-6-14-3-1-4-15(14)9-18/h2,5-12,20,22,33H,1,3-4,13H2,(H,32,37)/t20-,22+/m0/s1. The Labute approximate surface area is 240 Å². The van der Waals surface area contributed by atoms with Gasteiger partial charge in [0, 0.05) is 23.4 Å². The summed E-state index contributed by atoms with van der Waals surface area (Å²) in [6, 6.07) is 10.1. The van der Waals surface area contributed by atoms with Crippen molar-refractivity contribution in [3.05, 3.63) is 90.7 Å². The molecule has 0 spiro atoms. The molecule has 1 amide bonds. The van der Waals surface area contributed by atoms with Crippen LogP contribution >= 0.6 is 22.9 Å². The monoisotopic (exact) mass is 603 g/mol. The van der Waals surface area contributed by atoms with Crippen molar-refractivity contribution in [2.45, 2.75) is 43.9 Å². The maximum Gasteiger partial charge on any atom is 0.410 e. The number of ether oxygens (including phenoxy) is 1. The third-order valence-corrected chi connectivity index (χ3v) is 8.41. The molecular formula is C27H21ClF3N5O4S. The minimum absolute atomic E-state index is 0.0146. The number of hydrogen-bond donors (Lipinski definition) is 2. The summed E-state index contributed by atoms with van der Waals surface area (Å²) in [5, 5.41) is 22.4. The number of hydrogen-bond acceptors (Lipinski definition) is 7. The number of carbonyl (C=O) groups is 1. The number of nitro groups is 1. The zero-order valence-corrected chi connectivity index (χ0v) is 22.6. The summed E-state index contributed by atoms with van der Waals surface area (Å²) in [6.45, 7) is 0. The first-order valence-electron chi connectivity index (χ1n) is 12.6. The molecule has 14 heteroatoms. The second kappa shape index (κ2) is 10.4. The van der Waals surface area contributed by atoms with Gasteiger partial charge in [-0.2, -0.15) is 18.3 Å². The summed E-state index contributed by atoms with van der Waals surface area (Å²) >= 11 is 7.71. The molecule has 1 aliphatic heterocycles. The van der Waals surface area contributed by atoms with Crippen LogP contribution in [0.1, 0.15) is 51.4 Å². The van der Waals surface area contributed by atoms with Gasteiger partial charge in [-0.3, -0.25) is 14.9 Å². The maximum absolute atomic E-state index is 14.0. The molecule has 2 N–H and O–H groups in total. The molecule has 6 rings (SSSR count). The van der Waals surface area contributed by atoms with Gasteiger partial charge in [-0.25, -0.2) is 4.68 Å². The van der Waals surface area contributed by atoms with Gasteiger partial charge < -0.3 is 15.4 Å². The van der Waals surface area contributed by atoms with Crippen molar-refractivity contribution in [1.82, 2.24) is 9.78 Å². The Morgan fingerprint density at radius 2 is 1.98 bits per heavy atom. The van der Waals surface area contributed by atoms with E-state index in [0.717, 1.165) is 30.9 Å². The highest BCUT2D eigenvalue weighted by Gasteiger charge is 2.48. The van der Waals surface area contributed by atoms with Crippen LogP contribution in [0.4, 0.5) is 30.4 Å². The van der Waals surface area contributed by atoms with Crippen LogP contribution in [0.25, 0.3) is 0 Å². The molecule has 2 aromatic heterocycles. The zero-order valence-electron chi connectivity index (χ0n) is 21.1. The van der Waals surface area contributed by atoms with Gasteiger partial charge in [-0.05, 0) is 54.0 Å². The van der Waals surface area contributed by atoms with Crippen LogP contribution in [0, 0.1) is 10.1 Å². The number of halogens is 4. The van der Waals surface area contributed by atoms with E-state index in [1.54, 1.807) is 23.6 Å². The second-order valence-corrected chi connectivity index (χ2v) is 11.1. The molecule has 9 nitrogen and oxygen atoms in total. The molecule has 41 heavy (non-hydrogen) atoms. The average Bonchev–Trinajstić information content (AvgIpc) is 3.68. The van der Waals surface area contributed by atoms with E-state index in [1.807, 2.05) is 12.1 Å². The number of carbonyl (C=O) groups excluding carboxylic acids is 1. The van der Waals surface area contributed by atoms with Gasteiger partial charge >= 0.3 is 6.18 Å². The summed E-state index contributed by atoms with van der Waals surface area (Å²) in [5.41, 5.74) is 1.55. The number of thiophene rings is 1. The van der Waals surface area contributed by atoms with E-state index >= 15 is 0 Å². The fourth-order valence-electron chi connectivity index (χ4n) is 5.17. The van der Waals surface area contributed by atoms with Crippen LogP contribution < -0.4 is 15.4 Å². The van der Waals surface area contributed by atoms with Gasteiger partial charge in [0.2, 0.25) is 0 Å².